The van der Waals surface area contributed by atoms with Crippen LogP contribution in [-0.4, -0.2) is 44.6 Å². The molecular formula is C15H21N5O2. The highest BCUT2D eigenvalue weighted by Gasteiger charge is 2.37. The molecule has 1 aromatic rings. The highest BCUT2D eigenvalue weighted by molar-refractivity contribution is 5.89. The van der Waals surface area contributed by atoms with Gasteiger partial charge in [0.25, 0.3) is 0 Å². The monoisotopic (exact) mass is 303 g/mol. The third-order valence-electron chi connectivity index (χ3n) is 4.87. The lowest BCUT2D eigenvalue weighted by Gasteiger charge is -2.15. The van der Waals surface area contributed by atoms with Crippen molar-refractivity contribution in [1.29, 1.82) is 0 Å². The summed E-state index contributed by atoms with van der Waals surface area (Å²) in [6.07, 6.45) is 4.85. The summed E-state index contributed by atoms with van der Waals surface area (Å²) < 4.78 is 2.08. The van der Waals surface area contributed by atoms with Gasteiger partial charge in [0, 0.05) is 32.5 Å². The Balaban J connectivity index is 1.31. The lowest BCUT2D eigenvalue weighted by molar-refractivity contribution is -0.129. The number of hydrogen-bond acceptors (Lipinski definition) is 4. The number of amides is 2. The molecule has 1 saturated heterocycles. The molecule has 1 saturated carbocycles. The van der Waals surface area contributed by atoms with Gasteiger partial charge >= 0.3 is 0 Å². The Morgan fingerprint density at radius 3 is 3.00 bits per heavy atom. The molecule has 1 aliphatic carbocycles. The quantitative estimate of drug-likeness (QED) is 0.836. The van der Waals surface area contributed by atoms with Gasteiger partial charge in [-0.25, -0.2) is 0 Å². The molecule has 1 unspecified atom stereocenters. The van der Waals surface area contributed by atoms with E-state index >= 15 is 0 Å². The van der Waals surface area contributed by atoms with Crippen LogP contribution in [0.4, 0.5) is 0 Å². The van der Waals surface area contributed by atoms with Crippen molar-refractivity contribution in [1.82, 2.24) is 25.0 Å². The van der Waals surface area contributed by atoms with Gasteiger partial charge in [-0.05, 0) is 25.2 Å². The van der Waals surface area contributed by atoms with E-state index in [1.54, 1.807) is 0 Å². The second-order valence-corrected chi connectivity index (χ2v) is 6.65. The summed E-state index contributed by atoms with van der Waals surface area (Å²) in [4.78, 5) is 26.1. The summed E-state index contributed by atoms with van der Waals surface area (Å²) in [7, 11) is 0. The summed E-state index contributed by atoms with van der Waals surface area (Å²) in [5.41, 5.74) is 0. The second-order valence-electron chi connectivity index (χ2n) is 6.65. The van der Waals surface area contributed by atoms with Crippen LogP contribution in [0.3, 0.4) is 0 Å². The molecule has 2 amide bonds. The number of nitrogens with one attached hydrogen (secondary N) is 1. The zero-order chi connectivity index (χ0) is 15.1. The standard InChI is InChI=1S/C15H21N5O2/c21-14-6-11(9-19(14)8-10-3-4-10)15(22)16-7-13-18-17-12-2-1-5-20(12)13/h10-11H,1-9H2,(H,16,22). The first-order chi connectivity index (χ1) is 10.7. The lowest BCUT2D eigenvalue weighted by atomic mass is 10.1. The van der Waals surface area contributed by atoms with Crippen LogP contribution < -0.4 is 5.32 Å². The first kappa shape index (κ1) is 13.7. The SMILES string of the molecule is O=C(NCc1nnc2n1CCC2)C1CC(=O)N(CC2CC2)C1. The van der Waals surface area contributed by atoms with Gasteiger partial charge in [-0.3, -0.25) is 9.59 Å². The average Bonchev–Trinajstić information content (AvgIpc) is 2.91. The van der Waals surface area contributed by atoms with Crippen molar-refractivity contribution in [3.63, 3.8) is 0 Å². The van der Waals surface area contributed by atoms with Crippen LogP contribution in [0.5, 0.6) is 0 Å². The number of fused-ring (bicyclic) bond motifs is 1. The van der Waals surface area contributed by atoms with E-state index in [-0.39, 0.29) is 17.7 Å². The third-order valence-corrected chi connectivity index (χ3v) is 4.87. The van der Waals surface area contributed by atoms with Crippen LogP contribution in [0.2, 0.25) is 0 Å². The van der Waals surface area contributed by atoms with E-state index in [9.17, 15) is 9.59 Å². The lowest BCUT2D eigenvalue weighted by Crippen LogP contribution is -2.33. The number of rotatable bonds is 5. The fourth-order valence-electron chi connectivity index (χ4n) is 3.39. The normalized spacial score (nSPS) is 23.9. The van der Waals surface area contributed by atoms with Gasteiger partial charge in [0.05, 0.1) is 12.5 Å². The molecule has 22 heavy (non-hydrogen) atoms. The minimum Gasteiger partial charge on any atom is -0.348 e. The number of hydrogen-bond donors (Lipinski definition) is 1. The molecule has 2 fully saturated rings. The summed E-state index contributed by atoms with van der Waals surface area (Å²) >= 11 is 0. The molecule has 0 spiro atoms. The molecule has 0 radical (unpaired) electrons. The Labute approximate surface area is 129 Å². The Kier molecular flexibility index (Phi) is 3.35. The Morgan fingerprint density at radius 1 is 1.32 bits per heavy atom. The molecule has 2 aliphatic heterocycles. The van der Waals surface area contributed by atoms with Crippen molar-refractivity contribution in [2.45, 2.75) is 45.2 Å². The van der Waals surface area contributed by atoms with Gasteiger partial charge in [0.2, 0.25) is 11.8 Å². The minimum atomic E-state index is -0.216. The maximum atomic E-state index is 12.3. The molecule has 1 atom stereocenters. The van der Waals surface area contributed by atoms with Crippen molar-refractivity contribution >= 4 is 11.8 Å². The summed E-state index contributed by atoms with van der Waals surface area (Å²) in [5, 5.41) is 11.2. The van der Waals surface area contributed by atoms with Crippen molar-refractivity contribution in [3.8, 4) is 0 Å². The first-order valence-corrected chi connectivity index (χ1v) is 8.17. The molecule has 0 aromatic carbocycles. The number of nitrogens with zero attached hydrogens (tertiary/aromatic N) is 4. The number of carbonyl (C=O) groups excluding carboxylic acids is 2. The second kappa shape index (κ2) is 5.37. The first-order valence-electron chi connectivity index (χ1n) is 8.17. The van der Waals surface area contributed by atoms with E-state index in [0.717, 1.165) is 37.6 Å². The highest BCUT2D eigenvalue weighted by Crippen LogP contribution is 2.32. The minimum absolute atomic E-state index is 0.0398. The van der Waals surface area contributed by atoms with Crippen molar-refractivity contribution in [3.05, 3.63) is 11.6 Å². The van der Waals surface area contributed by atoms with Crippen LogP contribution >= 0.6 is 0 Å². The van der Waals surface area contributed by atoms with Gasteiger partial charge in [0.1, 0.15) is 5.82 Å². The average molecular weight is 303 g/mol. The third kappa shape index (κ3) is 2.60. The zero-order valence-corrected chi connectivity index (χ0v) is 12.6. The van der Waals surface area contributed by atoms with Crippen LogP contribution in [0, 0.1) is 11.8 Å². The molecule has 0 bridgehead atoms. The molecule has 118 valence electrons. The maximum Gasteiger partial charge on any atom is 0.225 e. The van der Waals surface area contributed by atoms with Gasteiger partial charge in [0.15, 0.2) is 5.82 Å². The van der Waals surface area contributed by atoms with Gasteiger partial charge in [-0.15, -0.1) is 10.2 Å². The van der Waals surface area contributed by atoms with Gasteiger partial charge in [-0.2, -0.15) is 0 Å². The Bertz CT molecular complexity index is 607. The molecular weight excluding hydrogens is 282 g/mol. The fourth-order valence-corrected chi connectivity index (χ4v) is 3.39. The van der Waals surface area contributed by atoms with E-state index in [4.69, 9.17) is 0 Å². The number of likely N-dealkylation sites (tertiary alicyclic amines) is 1. The molecule has 1 aromatic heterocycles. The van der Waals surface area contributed by atoms with E-state index in [2.05, 4.69) is 20.1 Å². The predicted octanol–water partition coefficient (Wildman–Crippen LogP) is 0.0990. The van der Waals surface area contributed by atoms with Crippen molar-refractivity contribution in [2.24, 2.45) is 11.8 Å². The smallest absolute Gasteiger partial charge is 0.225 e. The van der Waals surface area contributed by atoms with Crippen molar-refractivity contribution < 1.29 is 9.59 Å². The number of aryl methyl sites for hydroxylation is 1. The molecule has 7 heteroatoms. The molecule has 3 heterocycles. The topological polar surface area (TPSA) is 80.1 Å². The van der Waals surface area contributed by atoms with E-state index in [1.165, 1.54) is 12.8 Å². The Hall–Kier alpha value is -1.92. The van der Waals surface area contributed by atoms with Crippen LogP contribution in [-0.2, 0) is 29.1 Å². The summed E-state index contributed by atoms with van der Waals surface area (Å²) in [6.45, 7) is 2.74. The zero-order valence-electron chi connectivity index (χ0n) is 12.6. The van der Waals surface area contributed by atoms with Crippen molar-refractivity contribution in [2.75, 3.05) is 13.1 Å². The van der Waals surface area contributed by atoms with E-state index < -0.39 is 0 Å². The maximum absolute atomic E-state index is 12.3. The van der Waals surface area contributed by atoms with E-state index in [0.29, 0.717) is 25.4 Å². The number of aromatic nitrogens is 3. The summed E-state index contributed by atoms with van der Waals surface area (Å²) in [5.74, 6) is 2.37. The molecule has 1 N–H and O–H groups in total. The fraction of sp³-hybridized carbons (Fsp3) is 0.733. The van der Waals surface area contributed by atoms with Crippen LogP contribution in [0.15, 0.2) is 0 Å². The highest BCUT2D eigenvalue weighted by atomic mass is 16.2. The largest absolute Gasteiger partial charge is 0.348 e. The number of carbonyl (C=O) groups is 2. The predicted molar refractivity (Wildman–Crippen MR) is 77.6 cm³/mol. The van der Waals surface area contributed by atoms with Crippen LogP contribution in [0.25, 0.3) is 0 Å². The molecule has 7 nitrogen and oxygen atoms in total. The van der Waals surface area contributed by atoms with E-state index in [1.807, 2.05) is 4.90 Å². The van der Waals surface area contributed by atoms with Gasteiger partial charge < -0.3 is 14.8 Å². The summed E-state index contributed by atoms with van der Waals surface area (Å²) in [6, 6.07) is 0. The molecule has 4 rings (SSSR count). The van der Waals surface area contributed by atoms with Crippen LogP contribution in [0.1, 0.15) is 37.3 Å². The molecule has 3 aliphatic rings. The Morgan fingerprint density at radius 2 is 2.18 bits per heavy atom. The van der Waals surface area contributed by atoms with Gasteiger partial charge in [-0.1, -0.05) is 0 Å².